The normalized spacial score (nSPS) is 20.1. The Morgan fingerprint density at radius 1 is 1.20 bits per heavy atom. The van der Waals surface area contributed by atoms with Crippen LogP contribution in [0.1, 0.15) is 12.0 Å². The van der Waals surface area contributed by atoms with Gasteiger partial charge in [-0.1, -0.05) is 23.7 Å². The van der Waals surface area contributed by atoms with E-state index in [1.807, 2.05) is 0 Å². The predicted molar refractivity (Wildman–Crippen MR) is 94.5 cm³/mol. The quantitative estimate of drug-likeness (QED) is 0.730. The van der Waals surface area contributed by atoms with Gasteiger partial charge in [-0.3, -0.25) is 0 Å². The molecule has 3 aromatic rings. The summed E-state index contributed by atoms with van der Waals surface area (Å²) in [6, 6.07) is 9.91. The third-order valence-electron chi connectivity index (χ3n) is 4.46. The number of nitrogens with one attached hydrogen (secondary N) is 2. The Bertz CT molecular complexity index is 942. The van der Waals surface area contributed by atoms with Crippen molar-refractivity contribution in [3.8, 4) is 0 Å². The second-order valence-electron chi connectivity index (χ2n) is 6.07. The Morgan fingerprint density at radius 3 is 2.88 bits per heavy atom. The lowest BCUT2D eigenvalue weighted by molar-refractivity contribution is 0.193. The molecule has 0 aliphatic carbocycles. The number of anilines is 2. The third-order valence-corrected chi connectivity index (χ3v) is 4.75. The van der Waals surface area contributed by atoms with Crippen molar-refractivity contribution < 1.29 is 8.78 Å². The molecule has 0 unspecified atom stereocenters. The molecule has 2 N–H and O–H groups in total. The molecular weight excluding hydrogens is 346 g/mol. The number of alkyl halides is 1. The number of rotatable bonds is 3. The van der Waals surface area contributed by atoms with Crippen molar-refractivity contribution in [2.75, 3.05) is 18.4 Å². The van der Waals surface area contributed by atoms with Crippen LogP contribution in [0.4, 0.5) is 20.3 Å². The molecule has 128 valence electrons. The summed E-state index contributed by atoms with van der Waals surface area (Å²) in [6.45, 7) is 0.913. The van der Waals surface area contributed by atoms with Crippen molar-refractivity contribution in [2.24, 2.45) is 0 Å². The maximum Gasteiger partial charge on any atom is 0.165 e. The average molecular weight is 361 g/mol. The maximum atomic E-state index is 15.0. The van der Waals surface area contributed by atoms with Gasteiger partial charge >= 0.3 is 0 Å². The fourth-order valence-corrected chi connectivity index (χ4v) is 3.25. The Labute approximate surface area is 148 Å². The fourth-order valence-electron chi connectivity index (χ4n) is 3.07. The first-order valence-electron chi connectivity index (χ1n) is 7.93. The largest absolute Gasteiger partial charge is 0.337 e. The SMILES string of the molecule is Fc1c(Cl)cccc1Nc1ncnc2ccc([C@]3(F)CCNC3)cc12. The van der Waals surface area contributed by atoms with Crippen molar-refractivity contribution in [3.63, 3.8) is 0 Å². The Morgan fingerprint density at radius 2 is 2.08 bits per heavy atom. The molecule has 0 radical (unpaired) electrons. The summed E-state index contributed by atoms with van der Waals surface area (Å²) in [5.74, 6) is -0.156. The number of hydrogen-bond donors (Lipinski definition) is 2. The molecule has 1 atom stereocenters. The molecule has 1 aromatic heterocycles. The third kappa shape index (κ3) is 2.92. The molecule has 4 nitrogen and oxygen atoms in total. The molecule has 1 aliphatic heterocycles. The van der Waals surface area contributed by atoms with Crippen molar-refractivity contribution in [1.82, 2.24) is 15.3 Å². The highest BCUT2D eigenvalue weighted by molar-refractivity contribution is 6.31. The lowest BCUT2D eigenvalue weighted by Crippen LogP contribution is -2.23. The van der Waals surface area contributed by atoms with Gasteiger partial charge < -0.3 is 10.6 Å². The van der Waals surface area contributed by atoms with Crippen LogP contribution in [0.25, 0.3) is 10.9 Å². The molecule has 0 spiro atoms. The van der Waals surface area contributed by atoms with E-state index in [0.29, 0.717) is 35.2 Å². The van der Waals surface area contributed by atoms with Crippen LogP contribution in [0, 0.1) is 5.82 Å². The predicted octanol–water partition coefficient (Wildman–Crippen LogP) is 4.32. The monoisotopic (exact) mass is 360 g/mol. The molecule has 0 bridgehead atoms. The van der Waals surface area contributed by atoms with E-state index in [-0.39, 0.29) is 17.3 Å². The smallest absolute Gasteiger partial charge is 0.165 e. The van der Waals surface area contributed by atoms with E-state index < -0.39 is 11.5 Å². The number of fused-ring (bicyclic) bond motifs is 1. The van der Waals surface area contributed by atoms with Crippen LogP contribution in [-0.2, 0) is 5.67 Å². The van der Waals surface area contributed by atoms with Gasteiger partial charge in [0.15, 0.2) is 5.82 Å². The summed E-state index contributed by atoms with van der Waals surface area (Å²) in [7, 11) is 0. The summed E-state index contributed by atoms with van der Waals surface area (Å²) >= 11 is 5.82. The van der Waals surface area contributed by atoms with Crippen LogP contribution < -0.4 is 10.6 Å². The molecule has 1 saturated heterocycles. The molecule has 4 rings (SSSR count). The number of nitrogens with zero attached hydrogens (tertiary/aromatic N) is 2. The average Bonchev–Trinajstić information content (AvgIpc) is 3.07. The number of halogens is 3. The van der Waals surface area contributed by atoms with Gasteiger partial charge in [-0.05, 0) is 42.8 Å². The van der Waals surface area contributed by atoms with Crippen LogP contribution in [0.15, 0.2) is 42.7 Å². The minimum atomic E-state index is -1.41. The van der Waals surface area contributed by atoms with Crippen molar-refractivity contribution in [2.45, 2.75) is 12.1 Å². The van der Waals surface area contributed by atoms with Gasteiger partial charge in [0.2, 0.25) is 0 Å². The zero-order valence-electron chi connectivity index (χ0n) is 13.2. The minimum Gasteiger partial charge on any atom is -0.337 e. The standard InChI is InChI=1S/C18H15ClF2N4/c19-13-2-1-3-15(16(13)20)25-17-12-8-11(18(21)6-7-22-9-18)4-5-14(12)23-10-24-17/h1-5,8,10,22H,6-7,9H2,(H,23,24,25)/t18-/m0/s1. The molecule has 0 amide bonds. The highest BCUT2D eigenvalue weighted by Crippen LogP contribution is 2.35. The van der Waals surface area contributed by atoms with Gasteiger partial charge in [0.05, 0.1) is 16.2 Å². The summed E-state index contributed by atoms with van der Waals surface area (Å²) in [6.07, 6.45) is 1.80. The lowest BCUT2D eigenvalue weighted by atomic mass is 9.94. The van der Waals surface area contributed by atoms with Crippen molar-refractivity contribution >= 4 is 34.0 Å². The van der Waals surface area contributed by atoms with Gasteiger partial charge in [0.25, 0.3) is 0 Å². The van der Waals surface area contributed by atoms with Gasteiger partial charge in [-0.15, -0.1) is 0 Å². The Hall–Kier alpha value is -2.31. The molecular formula is C18H15ClF2N4. The topological polar surface area (TPSA) is 49.8 Å². The first-order valence-corrected chi connectivity index (χ1v) is 8.30. The van der Waals surface area contributed by atoms with Crippen LogP contribution in [0.5, 0.6) is 0 Å². The Balaban J connectivity index is 1.79. The zero-order chi connectivity index (χ0) is 17.4. The zero-order valence-corrected chi connectivity index (χ0v) is 13.9. The molecule has 2 aromatic carbocycles. The first-order chi connectivity index (χ1) is 12.1. The minimum absolute atomic E-state index is 0.0174. The molecule has 25 heavy (non-hydrogen) atoms. The van der Waals surface area contributed by atoms with E-state index in [0.717, 1.165) is 0 Å². The highest BCUT2D eigenvalue weighted by atomic mass is 35.5. The highest BCUT2D eigenvalue weighted by Gasteiger charge is 2.35. The lowest BCUT2D eigenvalue weighted by Gasteiger charge is -2.19. The van der Waals surface area contributed by atoms with E-state index in [9.17, 15) is 4.39 Å². The molecule has 1 fully saturated rings. The van der Waals surface area contributed by atoms with E-state index >= 15 is 4.39 Å². The van der Waals surface area contributed by atoms with Crippen LogP contribution in [0.2, 0.25) is 5.02 Å². The summed E-state index contributed by atoms with van der Waals surface area (Å²) < 4.78 is 29.2. The number of benzene rings is 2. The Kier molecular flexibility index (Phi) is 4.01. The summed E-state index contributed by atoms with van der Waals surface area (Å²) in [5, 5.41) is 6.62. The molecule has 0 saturated carbocycles. The van der Waals surface area contributed by atoms with Gasteiger partial charge in [0.1, 0.15) is 17.8 Å². The first kappa shape index (κ1) is 16.2. The number of hydrogen-bond acceptors (Lipinski definition) is 4. The number of aromatic nitrogens is 2. The molecule has 7 heteroatoms. The van der Waals surface area contributed by atoms with E-state index in [4.69, 9.17) is 11.6 Å². The molecule has 2 heterocycles. The van der Waals surface area contributed by atoms with Gasteiger partial charge in [-0.2, -0.15) is 0 Å². The van der Waals surface area contributed by atoms with E-state index in [2.05, 4.69) is 20.6 Å². The van der Waals surface area contributed by atoms with Gasteiger partial charge in [0, 0.05) is 11.9 Å². The van der Waals surface area contributed by atoms with Crippen LogP contribution in [-0.4, -0.2) is 23.1 Å². The van der Waals surface area contributed by atoms with Crippen LogP contribution in [0.3, 0.4) is 0 Å². The maximum absolute atomic E-state index is 15.0. The van der Waals surface area contributed by atoms with Gasteiger partial charge in [-0.25, -0.2) is 18.7 Å². The fraction of sp³-hybridized carbons (Fsp3) is 0.222. The van der Waals surface area contributed by atoms with Crippen molar-refractivity contribution in [1.29, 1.82) is 0 Å². The van der Waals surface area contributed by atoms with E-state index in [1.165, 1.54) is 12.4 Å². The summed E-state index contributed by atoms with van der Waals surface area (Å²) in [5.41, 5.74) is 0.00542. The van der Waals surface area contributed by atoms with E-state index in [1.54, 1.807) is 30.3 Å². The summed E-state index contributed by atoms with van der Waals surface area (Å²) in [4.78, 5) is 8.40. The molecule has 1 aliphatic rings. The second-order valence-corrected chi connectivity index (χ2v) is 6.48. The van der Waals surface area contributed by atoms with Crippen LogP contribution >= 0.6 is 11.6 Å². The van der Waals surface area contributed by atoms with Crippen molar-refractivity contribution in [3.05, 3.63) is 59.1 Å². The second kappa shape index (κ2) is 6.20.